The molecule has 1 atom stereocenters. The van der Waals surface area contributed by atoms with E-state index < -0.39 is 0 Å². The van der Waals surface area contributed by atoms with Gasteiger partial charge in [0.05, 0.1) is 0 Å². The van der Waals surface area contributed by atoms with Gasteiger partial charge < -0.3 is 0 Å². The molecule has 0 aliphatic heterocycles. The van der Waals surface area contributed by atoms with Crippen LogP contribution in [0, 0.1) is 0 Å². The van der Waals surface area contributed by atoms with Gasteiger partial charge >= 0.3 is 0 Å². The maximum atomic E-state index is 5.17. The maximum Gasteiger partial charge on any atom is 0.00974 e. The summed E-state index contributed by atoms with van der Waals surface area (Å²) in [7, 11) is 0. The van der Waals surface area contributed by atoms with E-state index in [9.17, 15) is 0 Å². The second-order valence-electron chi connectivity index (χ2n) is 3.64. The van der Waals surface area contributed by atoms with Crippen molar-refractivity contribution < 1.29 is 0 Å². The van der Waals surface area contributed by atoms with E-state index in [-0.39, 0.29) is 0 Å². The Labute approximate surface area is 96.1 Å². The minimum Gasteiger partial charge on any atom is -0.271 e. The van der Waals surface area contributed by atoms with Gasteiger partial charge in [0, 0.05) is 10.5 Å². The molecule has 0 aromatic carbocycles. The molecule has 0 spiro atoms. The minimum atomic E-state index is 0.846. The quantitative estimate of drug-likeness (QED) is 0.226. The zero-order chi connectivity index (χ0) is 9.94. The molecule has 2 nitrogen and oxygen atoms in total. The van der Waals surface area contributed by atoms with Crippen molar-refractivity contribution in [2.24, 2.45) is 5.84 Å². The summed E-state index contributed by atoms with van der Waals surface area (Å²) in [5.41, 5.74) is 2.68. The van der Waals surface area contributed by atoms with Crippen LogP contribution in [0.4, 0.5) is 0 Å². The highest BCUT2D eigenvalue weighted by molar-refractivity contribution is 14.1. The number of hydrogen-bond acceptors (Lipinski definition) is 2. The second-order valence-corrected chi connectivity index (χ2v) is 5.77. The lowest BCUT2D eigenvalue weighted by molar-refractivity contribution is 0.564. The summed E-state index contributed by atoms with van der Waals surface area (Å²) in [6.45, 7) is 3.25. The van der Waals surface area contributed by atoms with Crippen molar-refractivity contribution in [1.82, 2.24) is 5.43 Å². The molecule has 0 aliphatic carbocycles. The van der Waals surface area contributed by atoms with Gasteiger partial charge in [0.2, 0.25) is 0 Å². The van der Waals surface area contributed by atoms with Gasteiger partial charge in [0.25, 0.3) is 0 Å². The van der Waals surface area contributed by atoms with Crippen LogP contribution in [0.1, 0.15) is 51.9 Å². The molecular formula is C10H23IN2. The Bertz CT molecular complexity index is 96.9. The molecule has 3 heteroatoms. The number of unbranched alkanes of at least 4 members (excludes halogenated alkanes) is 5. The predicted molar refractivity (Wildman–Crippen MR) is 68.0 cm³/mol. The molecule has 0 aliphatic rings. The van der Waals surface area contributed by atoms with Gasteiger partial charge in [-0.15, -0.1) is 0 Å². The SMILES string of the molecule is CC(I)CCCCCCCCNN. The van der Waals surface area contributed by atoms with Crippen molar-refractivity contribution in [3.8, 4) is 0 Å². The normalized spacial score (nSPS) is 13.2. The number of nitrogens with one attached hydrogen (secondary N) is 1. The Morgan fingerprint density at radius 3 is 2.15 bits per heavy atom. The molecule has 0 aromatic rings. The van der Waals surface area contributed by atoms with Crippen LogP contribution in [0.15, 0.2) is 0 Å². The molecule has 13 heavy (non-hydrogen) atoms. The van der Waals surface area contributed by atoms with E-state index in [1.54, 1.807) is 0 Å². The molecule has 1 unspecified atom stereocenters. The van der Waals surface area contributed by atoms with Gasteiger partial charge in [0.1, 0.15) is 0 Å². The lowest BCUT2D eigenvalue weighted by atomic mass is 10.1. The number of hydrogen-bond donors (Lipinski definition) is 2. The molecule has 80 valence electrons. The molecule has 0 saturated heterocycles. The largest absolute Gasteiger partial charge is 0.271 e. The summed E-state index contributed by atoms with van der Waals surface area (Å²) in [4.78, 5) is 0. The van der Waals surface area contributed by atoms with Crippen molar-refractivity contribution >= 4 is 22.6 Å². The van der Waals surface area contributed by atoms with Gasteiger partial charge in [-0.2, -0.15) is 0 Å². The molecule has 0 radical (unpaired) electrons. The second kappa shape index (κ2) is 10.7. The zero-order valence-corrected chi connectivity index (χ0v) is 10.8. The van der Waals surface area contributed by atoms with E-state index >= 15 is 0 Å². The fourth-order valence-corrected chi connectivity index (χ4v) is 1.80. The van der Waals surface area contributed by atoms with Crippen LogP contribution >= 0.6 is 22.6 Å². The van der Waals surface area contributed by atoms with Gasteiger partial charge in [-0.25, -0.2) is 0 Å². The molecular weight excluding hydrogens is 275 g/mol. The first-order valence-electron chi connectivity index (χ1n) is 5.35. The summed E-state index contributed by atoms with van der Waals surface area (Å²) in [6, 6.07) is 0. The predicted octanol–water partition coefficient (Wildman–Crippen LogP) is 3.00. The van der Waals surface area contributed by atoms with Crippen molar-refractivity contribution in [2.45, 2.75) is 55.8 Å². The Kier molecular flexibility index (Phi) is 11.3. The van der Waals surface area contributed by atoms with Crippen LogP contribution in [0.25, 0.3) is 0 Å². The van der Waals surface area contributed by atoms with Crippen molar-refractivity contribution in [3.63, 3.8) is 0 Å². The number of halogens is 1. The highest BCUT2D eigenvalue weighted by Crippen LogP contribution is 2.12. The summed E-state index contributed by atoms with van der Waals surface area (Å²) in [6.07, 6.45) is 9.50. The van der Waals surface area contributed by atoms with Gasteiger partial charge in [-0.1, -0.05) is 61.6 Å². The average Bonchev–Trinajstić information content (AvgIpc) is 2.09. The number of rotatable bonds is 9. The summed E-state index contributed by atoms with van der Waals surface area (Å²) in [5.74, 6) is 5.17. The molecule has 0 bridgehead atoms. The third-order valence-electron chi connectivity index (χ3n) is 2.17. The van der Waals surface area contributed by atoms with Crippen LogP contribution in [0.5, 0.6) is 0 Å². The van der Waals surface area contributed by atoms with E-state index in [1.165, 1.54) is 44.9 Å². The monoisotopic (exact) mass is 298 g/mol. The Balaban J connectivity index is 2.84. The first kappa shape index (κ1) is 13.7. The average molecular weight is 298 g/mol. The van der Waals surface area contributed by atoms with Crippen LogP contribution < -0.4 is 11.3 Å². The minimum absolute atomic E-state index is 0.846. The van der Waals surface area contributed by atoms with Crippen molar-refractivity contribution in [1.29, 1.82) is 0 Å². The third kappa shape index (κ3) is 12.6. The Morgan fingerprint density at radius 1 is 1.08 bits per heavy atom. The van der Waals surface area contributed by atoms with Crippen LogP contribution in [0.3, 0.4) is 0 Å². The van der Waals surface area contributed by atoms with Crippen molar-refractivity contribution in [2.75, 3.05) is 6.54 Å². The maximum absolute atomic E-state index is 5.17. The van der Waals surface area contributed by atoms with Crippen LogP contribution in [-0.2, 0) is 0 Å². The lowest BCUT2D eigenvalue weighted by Crippen LogP contribution is -2.22. The lowest BCUT2D eigenvalue weighted by Gasteiger charge is -2.03. The molecule has 0 amide bonds. The standard InChI is InChI=1S/C10H23IN2/c1-10(11)8-6-4-2-3-5-7-9-13-12/h10,13H,2-9,12H2,1H3. The summed E-state index contributed by atoms with van der Waals surface area (Å²) >= 11 is 2.50. The first-order chi connectivity index (χ1) is 6.27. The van der Waals surface area contributed by atoms with Gasteiger partial charge in [0.15, 0.2) is 0 Å². The fourth-order valence-electron chi connectivity index (χ4n) is 1.36. The summed E-state index contributed by atoms with van der Waals surface area (Å²) in [5, 5.41) is 0. The fraction of sp³-hybridized carbons (Fsp3) is 1.00. The first-order valence-corrected chi connectivity index (χ1v) is 6.59. The highest BCUT2D eigenvalue weighted by Gasteiger charge is 1.95. The smallest absolute Gasteiger partial charge is 0.00974 e. The van der Waals surface area contributed by atoms with Gasteiger partial charge in [-0.3, -0.25) is 11.3 Å². The molecule has 0 aromatic heterocycles. The topological polar surface area (TPSA) is 38.0 Å². The molecule has 0 saturated carbocycles. The third-order valence-corrected chi connectivity index (χ3v) is 2.80. The molecule has 0 fully saturated rings. The molecule has 0 heterocycles. The van der Waals surface area contributed by atoms with E-state index in [0.29, 0.717) is 0 Å². The van der Waals surface area contributed by atoms with Crippen molar-refractivity contribution in [3.05, 3.63) is 0 Å². The number of nitrogens with two attached hydrogens (primary N) is 1. The van der Waals surface area contributed by atoms with E-state index in [1.807, 2.05) is 0 Å². The molecule has 3 N–H and O–H groups in total. The van der Waals surface area contributed by atoms with Gasteiger partial charge in [-0.05, 0) is 12.8 Å². The van der Waals surface area contributed by atoms with Crippen LogP contribution in [0.2, 0.25) is 0 Å². The summed E-state index contributed by atoms with van der Waals surface area (Å²) < 4.78 is 0.846. The Morgan fingerprint density at radius 2 is 1.62 bits per heavy atom. The zero-order valence-electron chi connectivity index (χ0n) is 8.69. The Hall–Kier alpha value is 0.650. The highest BCUT2D eigenvalue weighted by atomic mass is 127. The van der Waals surface area contributed by atoms with E-state index in [2.05, 4.69) is 34.9 Å². The van der Waals surface area contributed by atoms with E-state index in [0.717, 1.165) is 10.5 Å². The molecule has 0 rings (SSSR count). The van der Waals surface area contributed by atoms with E-state index in [4.69, 9.17) is 5.84 Å². The van der Waals surface area contributed by atoms with Crippen LogP contribution in [-0.4, -0.2) is 10.5 Å². The number of alkyl halides is 1. The number of hydrazine groups is 1.